The third kappa shape index (κ3) is 4.94. The molecule has 0 saturated carbocycles. The molecule has 1 saturated heterocycles. The second-order valence-electron chi connectivity index (χ2n) is 8.69. The van der Waals surface area contributed by atoms with Crippen LogP contribution in [-0.2, 0) is 11.3 Å². The van der Waals surface area contributed by atoms with Crippen LogP contribution in [-0.4, -0.2) is 50.7 Å². The molecule has 0 aliphatic carbocycles. The molecule has 33 heavy (non-hydrogen) atoms. The van der Waals surface area contributed by atoms with E-state index in [1.807, 2.05) is 19.9 Å². The number of fused-ring (bicyclic) bond motifs is 1. The molecule has 172 valence electrons. The molecular formula is C25H27FN4O3. The van der Waals surface area contributed by atoms with Crippen LogP contribution in [0.3, 0.4) is 0 Å². The SMILES string of the molecule is CC(C)N(Cc1nc2ccccc2c(=O)[nH]1)C(=O)[C@@H]1CCCN(C(=O)c2ccc(F)cc2)C1. The number of hydrogen-bond acceptors (Lipinski definition) is 4. The number of nitrogens with one attached hydrogen (secondary N) is 1. The van der Waals surface area contributed by atoms with Crippen molar-refractivity contribution in [2.45, 2.75) is 39.3 Å². The topological polar surface area (TPSA) is 86.4 Å². The molecular weight excluding hydrogens is 423 g/mol. The summed E-state index contributed by atoms with van der Waals surface area (Å²) in [4.78, 5) is 49.4. The standard InChI is InChI=1S/C25H27FN4O3/c1-16(2)30(15-22-27-21-8-4-3-7-20(21)23(31)28-22)25(33)18-6-5-13-29(14-18)24(32)17-9-11-19(26)12-10-17/h3-4,7-12,16,18H,5-6,13-15H2,1-2H3,(H,27,28,31)/t18-/m1/s1. The van der Waals surface area contributed by atoms with E-state index in [1.165, 1.54) is 24.3 Å². The number of benzene rings is 2. The summed E-state index contributed by atoms with van der Waals surface area (Å²) < 4.78 is 13.2. The number of carbonyl (C=O) groups excluding carboxylic acids is 2. The van der Waals surface area contributed by atoms with Gasteiger partial charge in [-0.15, -0.1) is 0 Å². The third-order valence-corrected chi connectivity index (χ3v) is 6.04. The van der Waals surface area contributed by atoms with Crippen LogP contribution in [0, 0.1) is 11.7 Å². The van der Waals surface area contributed by atoms with Crippen molar-refractivity contribution in [3.63, 3.8) is 0 Å². The summed E-state index contributed by atoms with van der Waals surface area (Å²) in [6.45, 7) is 4.88. The van der Waals surface area contributed by atoms with Crippen LogP contribution in [0.1, 0.15) is 42.9 Å². The Labute approximate surface area is 191 Å². The van der Waals surface area contributed by atoms with E-state index in [0.717, 1.165) is 0 Å². The lowest BCUT2D eigenvalue weighted by Crippen LogP contribution is -2.48. The van der Waals surface area contributed by atoms with Crippen LogP contribution < -0.4 is 5.56 Å². The third-order valence-electron chi connectivity index (χ3n) is 6.04. The molecule has 1 N–H and O–H groups in total. The number of piperidine rings is 1. The van der Waals surface area contributed by atoms with E-state index in [9.17, 15) is 18.8 Å². The van der Waals surface area contributed by atoms with Gasteiger partial charge >= 0.3 is 0 Å². The van der Waals surface area contributed by atoms with Crippen LogP contribution in [0.4, 0.5) is 4.39 Å². The molecule has 0 spiro atoms. The largest absolute Gasteiger partial charge is 0.338 e. The number of halogens is 1. The minimum absolute atomic E-state index is 0.0718. The number of amides is 2. The van der Waals surface area contributed by atoms with Crippen LogP contribution in [0.25, 0.3) is 10.9 Å². The molecule has 3 aromatic rings. The zero-order valence-corrected chi connectivity index (χ0v) is 18.8. The summed E-state index contributed by atoms with van der Waals surface area (Å²) in [6, 6.07) is 12.4. The summed E-state index contributed by atoms with van der Waals surface area (Å²) in [7, 11) is 0. The number of aromatic nitrogens is 2. The van der Waals surface area contributed by atoms with Gasteiger partial charge in [0.05, 0.1) is 23.4 Å². The van der Waals surface area contributed by atoms with Crippen molar-refractivity contribution >= 4 is 22.7 Å². The maximum Gasteiger partial charge on any atom is 0.258 e. The minimum Gasteiger partial charge on any atom is -0.338 e. The summed E-state index contributed by atoms with van der Waals surface area (Å²) in [5.74, 6) is -0.596. The molecule has 2 amide bonds. The molecule has 7 nitrogen and oxygen atoms in total. The second kappa shape index (κ2) is 9.52. The fourth-order valence-corrected chi connectivity index (χ4v) is 4.26. The first-order valence-electron chi connectivity index (χ1n) is 11.2. The number of nitrogens with zero attached hydrogens (tertiary/aromatic N) is 3. The molecule has 0 unspecified atom stereocenters. The van der Waals surface area contributed by atoms with Gasteiger partial charge in [0, 0.05) is 24.7 Å². The summed E-state index contributed by atoms with van der Waals surface area (Å²) >= 11 is 0. The van der Waals surface area contributed by atoms with Crippen LogP contribution in [0.5, 0.6) is 0 Å². The molecule has 1 aliphatic rings. The Balaban J connectivity index is 1.51. The second-order valence-corrected chi connectivity index (χ2v) is 8.69. The first-order chi connectivity index (χ1) is 15.8. The average Bonchev–Trinajstić information content (AvgIpc) is 2.82. The molecule has 4 rings (SSSR count). The van der Waals surface area contributed by atoms with E-state index in [1.54, 1.807) is 28.0 Å². The quantitative estimate of drug-likeness (QED) is 0.646. The lowest BCUT2D eigenvalue weighted by molar-refractivity contribution is -0.139. The van der Waals surface area contributed by atoms with E-state index in [2.05, 4.69) is 9.97 Å². The number of H-pyrrole nitrogens is 1. The van der Waals surface area contributed by atoms with Gasteiger partial charge in [-0.3, -0.25) is 14.4 Å². The summed E-state index contributed by atoms with van der Waals surface area (Å²) in [5.41, 5.74) is 0.754. The Kier molecular flexibility index (Phi) is 6.53. The molecule has 2 aromatic carbocycles. The summed E-state index contributed by atoms with van der Waals surface area (Å²) in [5, 5.41) is 0.505. The Bertz CT molecular complexity index is 1220. The van der Waals surface area contributed by atoms with Crippen molar-refractivity contribution in [2.75, 3.05) is 13.1 Å². The minimum atomic E-state index is -0.397. The highest BCUT2D eigenvalue weighted by molar-refractivity contribution is 5.94. The van der Waals surface area contributed by atoms with Crippen LogP contribution >= 0.6 is 0 Å². The van der Waals surface area contributed by atoms with E-state index in [0.29, 0.717) is 48.2 Å². The number of rotatable bonds is 5. The highest BCUT2D eigenvalue weighted by atomic mass is 19.1. The first-order valence-corrected chi connectivity index (χ1v) is 11.2. The number of likely N-dealkylation sites (tertiary alicyclic amines) is 1. The zero-order chi connectivity index (χ0) is 23.5. The van der Waals surface area contributed by atoms with E-state index in [4.69, 9.17) is 0 Å². The molecule has 0 bridgehead atoms. The van der Waals surface area contributed by atoms with E-state index >= 15 is 0 Å². The molecule has 1 atom stereocenters. The number of hydrogen-bond donors (Lipinski definition) is 1. The van der Waals surface area contributed by atoms with Gasteiger partial charge in [0.15, 0.2) is 0 Å². The normalized spacial score (nSPS) is 16.2. The maximum absolute atomic E-state index is 13.5. The van der Waals surface area contributed by atoms with Gasteiger partial charge in [-0.2, -0.15) is 0 Å². The molecule has 1 aliphatic heterocycles. The van der Waals surface area contributed by atoms with Gasteiger partial charge in [0.25, 0.3) is 11.5 Å². The molecule has 8 heteroatoms. The van der Waals surface area contributed by atoms with Crippen molar-refractivity contribution < 1.29 is 14.0 Å². The van der Waals surface area contributed by atoms with Crippen LogP contribution in [0.15, 0.2) is 53.3 Å². The van der Waals surface area contributed by atoms with E-state index < -0.39 is 5.82 Å². The van der Waals surface area contributed by atoms with Crippen molar-refractivity contribution in [2.24, 2.45) is 5.92 Å². The monoisotopic (exact) mass is 450 g/mol. The van der Waals surface area contributed by atoms with Gasteiger partial charge in [-0.05, 0) is 63.1 Å². The zero-order valence-electron chi connectivity index (χ0n) is 18.8. The van der Waals surface area contributed by atoms with Gasteiger partial charge in [0.2, 0.25) is 5.91 Å². The average molecular weight is 451 g/mol. The van der Waals surface area contributed by atoms with Gasteiger partial charge in [0.1, 0.15) is 11.6 Å². The maximum atomic E-state index is 13.5. The predicted molar refractivity (Wildman–Crippen MR) is 123 cm³/mol. The molecule has 2 heterocycles. The molecule has 1 fully saturated rings. The lowest BCUT2D eigenvalue weighted by atomic mass is 9.95. The van der Waals surface area contributed by atoms with E-state index in [-0.39, 0.29) is 35.9 Å². The van der Waals surface area contributed by atoms with Gasteiger partial charge in [-0.1, -0.05) is 12.1 Å². The number of carbonyl (C=O) groups is 2. The Morgan fingerprint density at radius 2 is 1.91 bits per heavy atom. The van der Waals surface area contributed by atoms with Crippen LogP contribution in [0.2, 0.25) is 0 Å². The molecule has 0 radical (unpaired) electrons. The Hall–Kier alpha value is -3.55. The number of aromatic amines is 1. The number of para-hydroxylation sites is 1. The molecule has 1 aromatic heterocycles. The smallest absolute Gasteiger partial charge is 0.258 e. The highest BCUT2D eigenvalue weighted by Gasteiger charge is 2.33. The van der Waals surface area contributed by atoms with Crippen molar-refractivity contribution in [3.05, 3.63) is 76.1 Å². The fourth-order valence-electron chi connectivity index (χ4n) is 4.26. The Morgan fingerprint density at radius 1 is 1.18 bits per heavy atom. The summed E-state index contributed by atoms with van der Waals surface area (Å²) in [6.07, 6.45) is 1.39. The lowest BCUT2D eigenvalue weighted by Gasteiger charge is -2.36. The van der Waals surface area contributed by atoms with Gasteiger partial charge in [-0.25, -0.2) is 9.37 Å². The van der Waals surface area contributed by atoms with Crippen molar-refractivity contribution in [3.8, 4) is 0 Å². The Morgan fingerprint density at radius 3 is 2.64 bits per heavy atom. The van der Waals surface area contributed by atoms with Gasteiger partial charge < -0.3 is 14.8 Å². The fraction of sp³-hybridized carbons (Fsp3) is 0.360. The van der Waals surface area contributed by atoms with Crippen molar-refractivity contribution in [1.29, 1.82) is 0 Å². The highest BCUT2D eigenvalue weighted by Crippen LogP contribution is 2.23. The first kappa shape index (κ1) is 22.6. The van der Waals surface area contributed by atoms with Crippen molar-refractivity contribution in [1.82, 2.24) is 19.8 Å². The predicted octanol–water partition coefficient (Wildman–Crippen LogP) is 3.35.